The van der Waals surface area contributed by atoms with Gasteiger partial charge in [0.05, 0.1) is 17.1 Å². The maximum absolute atomic E-state index is 14.3. The lowest BCUT2D eigenvalue weighted by Gasteiger charge is -2.35. The van der Waals surface area contributed by atoms with Crippen molar-refractivity contribution in [3.05, 3.63) is 93.7 Å². The van der Waals surface area contributed by atoms with Gasteiger partial charge in [-0.3, -0.25) is 24.6 Å². The summed E-state index contributed by atoms with van der Waals surface area (Å²) in [6.07, 6.45) is 1.36. The maximum Gasteiger partial charge on any atom is 0.269 e. The quantitative estimate of drug-likeness (QED) is 0.381. The molecule has 0 aliphatic carbocycles. The molecule has 0 bridgehead atoms. The number of anilines is 1. The molecule has 3 unspecified atom stereocenters. The Kier molecular flexibility index (Phi) is 4.45. The summed E-state index contributed by atoms with van der Waals surface area (Å²) < 4.78 is 19.6. The molecule has 1 N–H and O–H groups in total. The van der Waals surface area contributed by atoms with Crippen molar-refractivity contribution in [2.24, 2.45) is 5.92 Å². The van der Waals surface area contributed by atoms with Crippen LogP contribution < -0.4 is 5.32 Å². The highest BCUT2D eigenvalue weighted by Crippen LogP contribution is 2.55. The number of benzene rings is 2. The van der Waals surface area contributed by atoms with Gasteiger partial charge in [0.1, 0.15) is 11.4 Å². The van der Waals surface area contributed by atoms with Crippen LogP contribution in [0.25, 0.3) is 0 Å². The third-order valence-corrected chi connectivity index (χ3v) is 6.47. The van der Waals surface area contributed by atoms with Crippen LogP contribution in [0, 0.1) is 21.8 Å². The molecule has 32 heavy (non-hydrogen) atoms. The number of carbonyl (C=O) groups is 2. The van der Waals surface area contributed by atoms with Crippen molar-refractivity contribution >= 4 is 23.1 Å². The largest absolute Gasteiger partial charge is 0.461 e. The highest BCUT2D eigenvalue weighted by Gasteiger charge is 2.64. The molecule has 1 saturated heterocycles. The lowest BCUT2D eigenvalue weighted by molar-refractivity contribution is -0.384. The van der Waals surface area contributed by atoms with E-state index in [0.717, 1.165) is 0 Å². The molecule has 1 aromatic heterocycles. The zero-order valence-electron chi connectivity index (χ0n) is 16.9. The Labute approximate surface area is 181 Å². The van der Waals surface area contributed by atoms with Crippen LogP contribution in [0.15, 0.2) is 65.3 Å². The SMILES string of the molecule is CN1CC(c2cccc([N+](=O)[O-])c2)C(C(=O)c2ccco2)C12C(=O)Nc1ccc(F)cc12. The summed E-state index contributed by atoms with van der Waals surface area (Å²) in [5.74, 6) is -2.91. The average Bonchev–Trinajstić information content (AvgIpc) is 3.47. The van der Waals surface area contributed by atoms with Gasteiger partial charge in [0.2, 0.25) is 11.7 Å². The smallest absolute Gasteiger partial charge is 0.269 e. The first kappa shape index (κ1) is 20.1. The van der Waals surface area contributed by atoms with E-state index in [1.165, 1.54) is 42.7 Å². The summed E-state index contributed by atoms with van der Waals surface area (Å²) in [4.78, 5) is 39.7. The van der Waals surface area contributed by atoms with E-state index < -0.39 is 39.8 Å². The number of amides is 1. The highest BCUT2D eigenvalue weighted by molar-refractivity contribution is 6.11. The minimum absolute atomic E-state index is 0.0674. The third-order valence-electron chi connectivity index (χ3n) is 6.47. The molecule has 0 saturated carbocycles. The number of hydrogen-bond donors (Lipinski definition) is 1. The lowest BCUT2D eigenvalue weighted by atomic mass is 9.71. The van der Waals surface area contributed by atoms with Crippen molar-refractivity contribution in [1.82, 2.24) is 4.90 Å². The molecule has 3 atom stereocenters. The van der Waals surface area contributed by atoms with Gasteiger partial charge in [-0.2, -0.15) is 0 Å². The second-order valence-corrected chi connectivity index (χ2v) is 8.07. The predicted octanol–water partition coefficient (Wildman–Crippen LogP) is 3.70. The summed E-state index contributed by atoms with van der Waals surface area (Å²) in [6, 6.07) is 13.1. The lowest BCUT2D eigenvalue weighted by Crippen LogP contribution is -2.51. The van der Waals surface area contributed by atoms with Gasteiger partial charge in [0.15, 0.2) is 5.76 Å². The molecule has 2 aliphatic rings. The number of hydrogen-bond acceptors (Lipinski definition) is 6. The topological polar surface area (TPSA) is 106 Å². The first-order valence-electron chi connectivity index (χ1n) is 9.99. The molecule has 2 aromatic carbocycles. The number of likely N-dealkylation sites (tertiary alicyclic amines) is 1. The Morgan fingerprint density at radius 2 is 2.06 bits per heavy atom. The Hall–Kier alpha value is -3.85. The summed E-state index contributed by atoms with van der Waals surface area (Å²) in [6.45, 7) is 0.252. The van der Waals surface area contributed by atoms with Gasteiger partial charge in [-0.05, 0) is 42.9 Å². The van der Waals surface area contributed by atoms with Crippen LogP contribution in [0.3, 0.4) is 0 Å². The van der Waals surface area contributed by atoms with Crippen molar-refractivity contribution in [2.45, 2.75) is 11.5 Å². The van der Waals surface area contributed by atoms with Crippen LogP contribution in [0.1, 0.15) is 27.6 Å². The van der Waals surface area contributed by atoms with Gasteiger partial charge in [-0.15, -0.1) is 0 Å². The van der Waals surface area contributed by atoms with Crippen LogP contribution in [0.5, 0.6) is 0 Å². The van der Waals surface area contributed by atoms with E-state index in [4.69, 9.17) is 4.42 Å². The number of nitro groups is 1. The predicted molar refractivity (Wildman–Crippen MR) is 112 cm³/mol. The fourth-order valence-electron chi connectivity index (χ4n) is 5.15. The number of rotatable bonds is 4. The molecule has 0 radical (unpaired) electrons. The molecule has 1 fully saturated rings. The van der Waals surface area contributed by atoms with Gasteiger partial charge in [-0.1, -0.05) is 12.1 Å². The van der Waals surface area contributed by atoms with Crippen molar-refractivity contribution in [3.63, 3.8) is 0 Å². The van der Waals surface area contributed by atoms with E-state index in [9.17, 15) is 24.1 Å². The highest BCUT2D eigenvalue weighted by atomic mass is 19.1. The van der Waals surface area contributed by atoms with Crippen LogP contribution in [-0.4, -0.2) is 35.1 Å². The third kappa shape index (κ3) is 2.71. The summed E-state index contributed by atoms with van der Waals surface area (Å²) in [5, 5.41) is 14.1. The number of carbonyl (C=O) groups excluding carboxylic acids is 2. The summed E-state index contributed by atoms with van der Waals surface area (Å²) >= 11 is 0. The van der Waals surface area contributed by atoms with E-state index in [0.29, 0.717) is 16.8 Å². The number of nitro benzene ring substituents is 1. The molecular formula is C23H18FN3O5. The number of likely N-dealkylation sites (N-methyl/N-ethyl adjacent to an activating group) is 1. The van der Waals surface area contributed by atoms with Crippen LogP contribution in [-0.2, 0) is 10.3 Å². The van der Waals surface area contributed by atoms with Crippen molar-refractivity contribution in [1.29, 1.82) is 0 Å². The molecule has 162 valence electrons. The van der Waals surface area contributed by atoms with Crippen molar-refractivity contribution in [3.8, 4) is 0 Å². The summed E-state index contributed by atoms with van der Waals surface area (Å²) in [5.41, 5.74) is -0.262. The van der Waals surface area contributed by atoms with Gasteiger partial charge in [-0.25, -0.2) is 4.39 Å². The minimum atomic E-state index is -1.49. The molecule has 5 rings (SSSR count). The second kappa shape index (κ2) is 7.10. The van der Waals surface area contributed by atoms with Crippen LogP contribution >= 0.6 is 0 Å². The van der Waals surface area contributed by atoms with Crippen LogP contribution in [0.4, 0.5) is 15.8 Å². The number of fused-ring (bicyclic) bond motifs is 2. The Balaban J connectivity index is 1.74. The molecule has 9 heteroatoms. The number of halogens is 1. The molecule has 3 heterocycles. The number of nitrogens with one attached hydrogen (secondary N) is 1. The average molecular weight is 435 g/mol. The fraction of sp³-hybridized carbons (Fsp3) is 0.217. The van der Waals surface area contributed by atoms with E-state index in [-0.39, 0.29) is 18.0 Å². The Bertz CT molecular complexity index is 1260. The van der Waals surface area contributed by atoms with Crippen molar-refractivity contribution in [2.75, 3.05) is 18.9 Å². The minimum Gasteiger partial charge on any atom is -0.461 e. The Morgan fingerprint density at radius 3 is 2.78 bits per heavy atom. The van der Waals surface area contributed by atoms with Gasteiger partial charge >= 0.3 is 0 Å². The number of ketones is 1. The molecule has 1 amide bonds. The maximum atomic E-state index is 14.3. The first-order chi connectivity index (χ1) is 15.3. The Morgan fingerprint density at radius 1 is 1.25 bits per heavy atom. The second-order valence-electron chi connectivity index (χ2n) is 8.07. The normalized spacial score (nSPS) is 24.5. The zero-order chi connectivity index (χ0) is 22.6. The van der Waals surface area contributed by atoms with Crippen molar-refractivity contribution < 1.29 is 23.3 Å². The number of Topliss-reactive ketones (excluding diaryl/α,β-unsaturated/α-hetero) is 1. The first-order valence-corrected chi connectivity index (χ1v) is 9.99. The monoisotopic (exact) mass is 435 g/mol. The molecule has 3 aromatic rings. The molecule has 1 spiro atoms. The van der Waals surface area contributed by atoms with Crippen LogP contribution in [0.2, 0.25) is 0 Å². The number of non-ortho nitro benzene ring substituents is 1. The van der Waals surface area contributed by atoms with Gasteiger partial charge in [0.25, 0.3) is 5.69 Å². The fourth-order valence-corrected chi connectivity index (χ4v) is 5.15. The molecule has 8 nitrogen and oxygen atoms in total. The number of nitrogens with zero attached hydrogens (tertiary/aromatic N) is 2. The van der Waals surface area contributed by atoms with Gasteiger partial charge in [0, 0.05) is 35.8 Å². The summed E-state index contributed by atoms with van der Waals surface area (Å²) in [7, 11) is 1.69. The van der Waals surface area contributed by atoms with E-state index >= 15 is 0 Å². The number of furan rings is 1. The molecule has 2 aliphatic heterocycles. The zero-order valence-corrected chi connectivity index (χ0v) is 16.9. The van der Waals surface area contributed by atoms with E-state index in [1.54, 1.807) is 30.1 Å². The molecular weight excluding hydrogens is 417 g/mol. The van der Waals surface area contributed by atoms with E-state index in [2.05, 4.69) is 5.32 Å². The van der Waals surface area contributed by atoms with E-state index in [1.807, 2.05) is 0 Å². The standard InChI is InChI=1S/C23H18FN3O5/c1-26-12-16(13-4-2-5-15(10-13)27(30)31)20(21(28)19-6-3-9-32-19)23(26)17-11-14(24)7-8-18(17)25-22(23)29/h2-11,16,20H,12H2,1H3,(H,25,29). The van der Waals surface area contributed by atoms with Gasteiger partial charge < -0.3 is 9.73 Å².